The number of ether oxygens (including phenoxy) is 1. The highest BCUT2D eigenvalue weighted by atomic mass is 79.9. The zero-order valence-corrected chi connectivity index (χ0v) is 19.3. The van der Waals surface area contributed by atoms with Gasteiger partial charge < -0.3 is 10.1 Å². The molecule has 158 valence electrons. The SMILES string of the molecule is COc1ccc(CNc2nc3ccc(Br)cc3c(=O)n2-c2ccccc2C(C)C)cc1. The van der Waals surface area contributed by atoms with Gasteiger partial charge in [0.25, 0.3) is 5.56 Å². The number of nitrogens with zero attached hydrogens (tertiary/aromatic N) is 2. The van der Waals surface area contributed by atoms with Crippen LogP contribution in [0.2, 0.25) is 0 Å². The van der Waals surface area contributed by atoms with Crippen LogP contribution in [0.15, 0.2) is 76.0 Å². The topological polar surface area (TPSA) is 56.1 Å². The predicted molar refractivity (Wildman–Crippen MR) is 129 cm³/mol. The third-order valence-electron chi connectivity index (χ3n) is 5.24. The molecule has 6 heteroatoms. The highest BCUT2D eigenvalue weighted by Crippen LogP contribution is 2.26. The first kappa shape index (κ1) is 21.1. The van der Waals surface area contributed by atoms with E-state index in [0.29, 0.717) is 23.4 Å². The lowest BCUT2D eigenvalue weighted by Gasteiger charge is -2.19. The fourth-order valence-corrected chi connectivity index (χ4v) is 3.96. The van der Waals surface area contributed by atoms with E-state index < -0.39 is 0 Å². The second-order valence-electron chi connectivity index (χ2n) is 7.65. The third kappa shape index (κ3) is 4.35. The summed E-state index contributed by atoms with van der Waals surface area (Å²) in [7, 11) is 1.65. The van der Waals surface area contributed by atoms with E-state index in [2.05, 4.69) is 41.2 Å². The summed E-state index contributed by atoms with van der Waals surface area (Å²) < 4.78 is 7.77. The quantitative estimate of drug-likeness (QED) is 0.375. The molecule has 0 atom stereocenters. The number of para-hydroxylation sites is 1. The molecule has 0 bridgehead atoms. The minimum atomic E-state index is -0.100. The van der Waals surface area contributed by atoms with Crippen LogP contribution in [0.4, 0.5) is 5.95 Å². The highest BCUT2D eigenvalue weighted by Gasteiger charge is 2.17. The van der Waals surface area contributed by atoms with Crippen molar-refractivity contribution in [1.82, 2.24) is 9.55 Å². The van der Waals surface area contributed by atoms with Gasteiger partial charge in [-0.05, 0) is 53.4 Å². The minimum Gasteiger partial charge on any atom is -0.497 e. The van der Waals surface area contributed by atoms with Crippen LogP contribution in [0.25, 0.3) is 16.6 Å². The molecule has 1 heterocycles. The Morgan fingerprint density at radius 2 is 1.81 bits per heavy atom. The van der Waals surface area contributed by atoms with Gasteiger partial charge in [0.05, 0.1) is 23.7 Å². The van der Waals surface area contributed by atoms with Gasteiger partial charge in [0, 0.05) is 11.0 Å². The van der Waals surface area contributed by atoms with Crippen molar-refractivity contribution in [2.75, 3.05) is 12.4 Å². The fraction of sp³-hybridized carbons (Fsp3) is 0.200. The Labute approximate surface area is 189 Å². The number of benzene rings is 3. The summed E-state index contributed by atoms with van der Waals surface area (Å²) >= 11 is 3.47. The highest BCUT2D eigenvalue weighted by molar-refractivity contribution is 9.10. The Bertz CT molecular complexity index is 1280. The first-order valence-electron chi connectivity index (χ1n) is 10.2. The average molecular weight is 478 g/mol. The number of aromatic nitrogens is 2. The fourth-order valence-electron chi connectivity index (χ4n) is 3.60. The molecule has 0 unspecified atom stereocenters. The zero-order valence-electron chi connectivity index (χ0n) is 17.7. The Hall–Kier alpha value is -3.12. The Balaban J connectivity index is 1.86. The van der Waals surface area contributed by atoms with Crippen molar-refractivity contribution in [3.63, 3.8) is 0 Å². The maximum atomic E-state index is 13.6. The van der Waals surface area contributed by atoms with Gasteiger partial charge in [-0.2, -0.15) is 0 Å². The summed E-state index contributed by atoms with van der Waals surface area (Å²) in [5.74, 6) is 1.58. The van der Waals surface area contributed by atoms with Gasteiger partial charge in [-0.1, -0.05) is 60.1 Å². The number of fused-ring (bicyclic) bond motifs is 1. The van der Waals surface area contributed by atoms with Gasteiger partial charge in [-0.3, -0.25) is 4.79 Å². The van der Waals surface area contributed by atoms with E-state index in [4.69, 9.17) is 9.72 Å². The molecule has 1 aromatic heterocycles. The molecular formula is C25H24BrN3O2. The standard InChI is InChI=1S/C25H24BrN3O2/c1-16(2)20-6-4-5-7-23(20)29-24(30)21-14-18(26)10-13-22(21)28-25(29)27-15-17-8-11-19(31-3)12-9-17/h4-14,16H,15H2,1-3H3,(H,27,28). The number of hydrogen-bond acceptors (Lipinski definition) is 4. The van der Waals surface area contributed by atoms with E-state index in [1.165, 1.54) is 0 Å². The number of anilines is 1. The molecule has 3 aromatic carbocycles. The zero-order chi connectivity index (χ0) is 22.0. The van der Waals surface area contributed by atoms with Crippen LogP contribution >= 0.6 is 15.9 Å². The van der Waals surface area contributed by atoms with E-state index in [0.717, 1.165) is 27.0 Å². The molecule has 1 N–H and O–H groups in total. The average Bonchev–Trinajstić information content (AvgIpc) is 2.78. The number of halogens is 1. The first-order chi connectivity index (χ1) is 15.0. The molecule has 4 rings (SSSR count). The Kier molecular flexibility index (Phi) is 6.09. The lowest BCUT2D eigenvalue weighted by Crippen LogP contribution is -2.25. The summed E-state index contributed by atoms with van der Waals surface area (Å²) in [5.41, 5.74) is 3.55. The molecule has 0 saturated carbocycles. The summed E-state index contributed by atoms with van der Waals surface area (Å²) in [6.45, 7) is 4.78. The van der Waals surface area contributed by atoms with Crippen LogP contribution in [0, 0.1) is 0 Å². The van der Waals surface area contributed by atoms with E-state index in [9.17, 15) is 4.79 Å². The largest absolute Gasteiger partial charge is 0.497 e. The van der Waals surface area contributed by atoms with Crippen molar-refractivity contribution in [1.29, 1.82) is 0 Å². The Morgan fingerprint density at radius 1 is 1.06 bits per heavy atom. The van der Waals surface area contributed by atoms with Crippen molar-refractivity contribution < 1.29 is 4.74 Å². The van der Waals surface area contributed by atoms with Gasteiger partial charge in [0.15, 0.2) is 0 Å². The summed E-state index contributed by atoms with van der Waals surface area (Å²) in [5, 5.41) is 3.95. The molecule has 0 aliphatic heterocycles. The number of hydrogen-bond donors (Lipinski definition) is 1. The van der Waals surface area contributed by atoms with Crippen molar-refractivity contribution in [3.05, 3.63) is 92.7 Å². The van der Waals surface area contributed by atoms with E-state index >= 15 is 0 Å². The monoisotopic (exact) mass is 477 g/mol. The van der Waals surface area contributed by atoms with Crippen molar-refractivity contribution >= 4 is 32.8 Å². The van der Waals surface area contributed by atoms with Gasteiger partial charge >= 0.3 is 0 Å². The third-order valence-corrected chi connectivity index (χ3v) is 5.73. The molecule has 0 aliphatic rings. The number of rotatable bonds is 6. The summed E-state index contributed by atoms with van der Waals surface area (Å²) in [4.78, 5) is 18.4. The maximum Gasteiger partial charge on any atom is 0.267 e. The molecule has 5 nitrogen and oxygen atoms in total. The van der Waals surface area contributed by atoms with Crippen LogP contribution in [0.5, 0.6) is 5.75 Å². The summed E-state index contributed by atoms with van der Waals surface area (Å²) in [6.07, 6.45) is 0. The van der Waals surface area contributed by atoms with E-state index in [1.54, 1.807) is 11.7 Å². The predicted octanol–water partition coefficient (Wildman–Crippen LogP) is 5.89. The molecule has 0 fully saturated rings. The van der Waals surface area contributed by atoms with Gasteiger partial charge in [0.1, 0.15) is 5.75 Å². The molecule has 0 amide bonds. The molecule has 4 aromatic rings. The lowest BCUT2D eigenvalue weighted by molar-refractivity contribution is 0.414. The second-order valence-corrected chi connectivity index (χ2v) is 8.57. The van der Waals surface area contributed by atoms with Crippen LogP contribution in [-0.2, 0) is 6.54 Å². The second kappa shape index (κ2) is 8.94. The van der Waals surface area contributed by atoms with Crippen LogP contribution in [0.1, 0.15) is 30.9 Å². The maximum absolute atomic E-state index is 13.6. The Morgan fingerprint density at radius 3 is 2.52 bits per heavy atom. The number of methoxy groups -OCH3 is 1. The molecule has 0 aliphatic carbocycles. The van der Waals surface area contributed by atoms with Crippen molar-refractivity contribution in [2.45, 2.75) is 26.3 Å². The smallest absolute Gasteiger partial charge is 0.267 e. The van der Waals surface area contributed by atoms with Crippen LogP contribution < -0.4 is 15.6 Å². The van der Waals surface area contributed by atoms with Crippen molar-refractivity contribution in [2.24, 2.45) is 0 Å². The molecule has 31 heavy (non-hydrogen) atoms. The lowest BCUT2D eigenvalue weighted by atomic mass is 10.0. The van der Waals surface area contributed by atoms with E-state index in [1.807, 2.05) is 60.7 Å². The number of nitrogens with one attached hydrogen (secondary N) is 1. The molecule has 0 radical (unpaired) electrons. The normalized spacial score (nSPS) is 11.1. The van der Waals surface area contributed by atoms with Gasteiger partial charge in [0.2, 0.25) is 5.95 Å². The van der Waals surface area contributed by atoms with Gasteiger partial charge in [-0.25, -0.2) is 9.55 Å². The van der Waals surface area contributed by atoms with Crippen molar-refractivity contribution in [3.8, 4) is 11.4 Å². The molecular weight excluding hydrogens is 454 g/mol. The molecule has 0 saturated heterocycles. The van der Waals surface area contributed by atoms with Crippen LogP contribution in [0.3, 0.4) is 0 Å². The summed E-state index contributed by atoms with van der Waals surface area (Å²) in [6, 6.07) is 21.4. The molecule has 0 spiro atoms. The first-order valence-corrected chi connectivity index (χ1v) is 11.0. The van der Waals surface area contributed by atoms with Gasteiger partial charge in [-0.15, -0.1) is 0 Å². The minimum absolute atomic E-state index is 0.100. The van der Waals surface area contributed by atoms with Crippen LogP contribution in [-0.4, -0.2) is 16.7 Å². The van der Waals surface area contributed by atoms with E-state index in [-0.39, 0.29) is 11.5 Å².